The first-order chi connectivity index (χ1) is 5.24. The number of halogens is 1. The number of carbonyl (C=O) groups is 1. The molecule has 0 spiro atoms. The average Bonchev–Trinajstić information content (AvgIpc) is 1.98. The van der Waals surface area contributed by atoms with E-state index in [0.717, 1.165) is 0 Å². The summed E-state index contributed by atoms with van der Waals surface area (Å²) in [6, 6.07) is 1.51. The molecule has 0 fully saturated rings. The van der Waals surface area contributed by atoms with Gasteiger partial charge in [-0.25, -0.2) is 4.98 Å². The Morgan fingerprint density at radius 2 is 2.45 bits per heavy atom. The molecule has 1 rings (SSSR count). The summed E-state index contributed by atoms with van der Waals surface area (Å²) in [5.41, 5.74) is 0.913. The van der Waals surface area contributed by atoms with Crippen LogP contribution in [0.25, 0.3) is 0 Å². The van der Waals surface area contributed by atoms with Gasteiger partial charge in [-0.05, 0) is 13.0 Å². The van der Waals surface area contributed by atoms with Gasteiger partial charge in [-0.2, -0.15) is 4.39 Å². The van der Waals surface area contributed by atoms with Crippen LogP contribution in [0.1, 0.15) is 5.56 Å². The zero-order chi connectivity index (χ0) is 8.27. The molecule has 1 aromatic heterocycles. The van der Waals surface area contributed by atoms with Gasteiger partial charge in [0.25, 0.3) is 0 Å². The van der Waals surface area contributed by atoms with Gasteiger partial charge in [0.05, 0.1) is 11.9 Å². The Hall–Kier alpha value is -1.45. The molecule has 1 amide bonds. The highest BCUT2D eigenvalue weighted by Gasteiger charge is 1.98. The molecule has 1 N–H and O–H groups in total. The van der Waals surface area contributed by atoms with Crippen LogP contribution in [-0.2, 0) is 4.79 Å². The lowest BCUT2D eigenvalue weighted by atomic mass is 10.3. The Morgan fingerprint density at radius 1 is 1.73 bits per heavy atom. The predicted octanol–water partition coefficient (Wildman–Crippen LogP) is 1.10. The smallest absolute Gasteiger partial charge is 0.215 e. The van der Waals surface area contributed by atoms with E-state index in [-0.39, 0.29) is 0 Å². The largest absolute Gasteiger partial charge is 0.327 e. The van der Waals surface area contributed by atoms with Crippen LogP contribution in [0.4, 0.5) is 10.1 Å². The third kappa shape index (κ3) is 1.73. The molecule has 11 heavy (non-hydrogen) atoms. The summed E-state index contributed by atoms with van der Waals surface area (Å²) in [7, 11) is 0. The summed E-state index contributed by atoms with van der Waals surface area (Å²) in [5, 5.41) is 2.37. The summed E-state index contributed by atoms with van der Waals surface area (Å²) < 4.78 is 12.5. The van der Waals surface area contributed by atoms with E-state index in [1.54, 1.807) is 6.92 Å². The zero-order valence-corrected chi connectivity index (χ0v) is 5.97. The maximum atomic E-state index is 12.5. The molecule has 0 saturated heterocycles. The van der Waals surface area contributed by atoms with Crippen LogP contribution in [0.3, 0.4) is 0 Å². The molecule has 0 atom stereocenters. The summed E-state index contributed by atoms with van der Waals surface area (Å²) in [6.45, 7) is 1.58. The van der Waals surface area contributed by atoms with E-state index in [1.165, 1.54) is 12.3 Å². The fraction of sp³-hybridized carbons (Fsp3) is 0.143. The van der Waals surface area contributed by atoms with Crippen LogP contribution in [-0.4, -0.2) is 11.4 Å². The van der Waals surface area contributed by atoms with Crippen molar-refractivity contribution in [3.63, 3.8) is 0 Å². The molecule has 58 valence electrons. The zero-order valence-electron chi connectivity index (χ0n) is 5.97. The number of amides is 1. The van der Waals surface area contributed by atoms with Crippen molar-refractivity contribution in [2.75, 3.05) is 5.32 Å². The number of carbonyl (C=O) groups excluding carboxylic acids is 1. The molecule has 0 aliphatic heterocycles. The van der Waals surface area contributed by atoms with Crippen LogP contribution in [0.5, 0.6) is 0 Å². The van der Waals surface area contributed by atoms with Crippen molar-refractivity contribution in [3.8, 4) is 0 Å². The first-order valence-corrected chi connectivity index (χ1v) is 3.06. The first-order valence-electron chi connectivity index (χ1n) is 3.06. The fourth-order valence-electron chi connectivity index (χ4n) is 0.705. The molecule has 0 bridgehead atoms. The minimum atomic E-state index is -0.513. The molecule has 0 saturated carbocycles. The van der Waals surface area contributed by atoms with Crippen molar-refractivity contribution in [1.29, 1.82) is 0 Å². The lowest BCUT2D eigenvalue weighted by molar-refractivity contribution is -0.105. The van der Waals surface area contributed by atoms with Crippen LogP contribution in [0, 0.1) is 12.9 Å². The lowest BCUT2D eigenvalue weighted by Gasteiger charge is -1.98. The van der Waals surface area contributed by atoms with Crippen molar-refractivity contribution in [3.05, 3.63) is 23.8 Å². The maximum Gasteiger partial charge on any atom is 0.215 e. The topological polar surface area (TPSA) is 42.0 Å². The Kier molecular flexibility index (Phi) is 2.15. The summed E-state index contributed by atoms with van der Waals surface area (Å²) in [6.07, 6.45) is 1.78. The van der Waals surface area contributed by atoms with Crippen molar-refractivity contribution in [2.24, 2.45) is 0 Å². The molecular formula is C7H7FN2O. The van der Waals surface area contributed by atoms with E-state index >= 15 is 0 Å². The molecule has 0 aliphatic rings. The van der Waals surface area contributed by atoms with E-state index in [1.807, 2.05) is 0 Å². The fourth-order valence-corrected chi connectivity index (χ4v) is 0.705. The molecule has 4 heteroatoms. The summed E-state index contributed by atoms with van der Waals surface area (Å²) in [5.74, 6) is -0.513. The van der Waals surface area contributed by atoms with Gasteiger partial charge in [0.2, 0.25) is 12.4 Å². The van der Waals surface area contributed by atoms with Gasteiger partial charge in [0.1, 0.15) is 0 Å². The maximum absolute atomic E-state index is 12.5. The van der Waals surface area contributed by atoms with E-state index in [2.05, 4.69) is 10.3 Å². The molecule has 0 radical (unpaired) electrons. The highest BCUT2D eigenvalue weighted by atomic mass is 19.1. The Bertz CT molecular complexity index is 275. The molecule has 0 aliphatic carbocycles. The SMILES string of the molecule is Cc1cc(NC=O)cnc1F. The quantitative estimate of drug-likeness (QED) is 0.512. The summed E-state index contributed by atoms with van der Waals surface area (Å²) >= 11 is 0. The van der Waals surface area contributed by atoms with Crippen molar-refractivity contribution in [1.82, 2.24) is 4.98 Å². The number of anilines is 1. The highest BCUT2D eigenvalue weighted by molar-refractivity contribution is 5.70. The lowest BCUT2D eigenvalue weighted by Crippen LogP contribution is -1.96. The van der Waals surface area contributed by atoms with Crippen molar-refractivity contribution < 1.29 is 9.18 Å². The molecule has 1 aromatic rings. The second kappa shape index (κ2) is 3.09. The van der Waals surface area contributed by atoms with Gasteiger partial charge in [-0.15, -0.1) is 0 Å². The second-order valence-corrected chi connectivity index (χ2v) is 2.09. The van der Waals surface area contributed by atoms with Gasteiger partial charge >= 0.3 is 0 Å². The number of hydrogen-bond donors (Lipinski definition) is 1. The first kappa shape index (κ1) is 7.65. The number of pyridine rings is 1. The minimum Gasteiger partial charge on any atom is -0.327 e. The normalized spacial score (nSPS) is 9.27. The van der Waals surface area contributed by atoms with Gasteiger partial charge < -0.3 is 5.32 Å². The minimum absolute atomic E-state index is 0.414. The Balaban J connectivity index is 2.95. The number of nitrogens with zero attached hydrogens (tertiary/aromatic N) is 1. The monoisotopic (exact) mass is 154 g/mol. The highest BCUT2D eigenvalue weighted by Crippen LogP contribution is 2.09. The van der Waals surface area contributed by atoms with Gasteiger partial charge in [0, 0.05) is 5.56 Å². The Labute approximate surface area is 63.3 Å². The van der Waals surface area contributed by atoms with Crippen LogP contribution in [0.15, 0.2) is 12.3 Å². The van der Waals surface area contributed by atoms with Crippen LogP contribution >= 0.6 is 0 Å². The average molecular weight is 154 g/mol. The standard InChI is InChI=1S/C7H7FN2O/c1-5-2-6(10-4-11)3-9-7(5)8/h2-4H,1H3,(H,10,11). The third-order valence-electron chi connectivity index (χ3n) is 1.24. The number of aromatic nitrogens is 1. The van der Waals surface area contributed by atoms with Gasteiger partial charge in [0.15, 0.2) is 0 Å². The summed E-state index contributed by atoms with van der Waals surface area (Å²) in [4.78, 5) is 13.3. The third-order valence-corrected chi connectivity index (χ3v) is 1.24. The number of nitrogens with one attached hydrogen (secondary N) is 1. The van der Waals surface area contributed by atoms with Crippen molar-refractivity contribution >= 4 is 12.1 Å². The van der Waals surface area contributed by atoms with E-state index in [0.29, 0.717) is 17.7 Å². The molecule has 3 nitrogen and oxygen atoms in total. The van der Waals surface area contributed by atoms with Crippen LogP contribution in [0.2, 0.25) is 0 Å². The van der Waals surface area contributed by atoms with E-state index < -0.39 is 5.95 Å². The number of rotatable bonds is 2. The van der Waals surface area contributed by atoms with E-state index in [9.17, 15) is 9.18 Å². The predicted molar refractivity (Wildman–Crippen MR) is 38.6 cm³/mol. The van der Waals surface area contributed by atoms with Gasteiger partial charge in [-0.1, -0.05) is 0 Å². The Morgan fingerprint density at radius 3 is 3.00 bits per heavy atom. The molecule has 0 unspecified atom stereocenters. The molecule has 1 heterocycles. The second-order valence-electron chi connectivity index (χ2n) is 2.09. The van der Waals surface area contributed by atoms with Crippen LogP contribution < -0.4 is 5.32 Å². The van der Waals surface area contributed by atoms with Gasteiger partial charge in [-0.3, -0.25) is 4.79 Å². The number of aryl methyl sites for hydroxylation is 1. The van der Waals surface area contributed by atoms with Crippen molar-refractivity contribution in [2.45, 2.75) is 6.92 Å². The number of hydrogen-bond acceptors (Lipinski definition) is 2. The van der Waals surface area contributed by atoms with E-state index in [4.69, 9.17) is 0 Å². The molecule has 0 aromatic carbocycles. The molecular weight excluding hydrogens is 147 g/mol.